The van der Waals surface area contributed by atoms with E-state index in [4.69, 9.17) is 0 Å². The van der Waals surface area contributed by atoms with Crippen LogP contribution in [0.15, 0.2) is 47.8 Å². The molecule has 0 spiro atoms. The van der Waals surface area contributed by atoms with Crippen LogP contribution >= 0.6 is 11.3 Å². The van der Waals surface area contributed by atoms with Crippen molar-refractivity contribution in [1.82, 2.24) is 4.98 Å². The van der Waals surface area contributed by atoms with Gasteiger partial charge in [-0.1, -0.05) is 12.1 Å². The molecule has 2 aliphatic rings. The van der Waals surface area contributed by atoms with Gasteiger partial charge in [0.2, 0.25) is 5.91 Å². The maximum Gasteiger partial charge on any atom is 0.258 e. The topological polar surface area (TPSA) is 62.3 Å². The van der Waals surface area contributed by atoms with Crippen molar-refractivity contribution in [3.8, 4) is 11.3 Å². The van der Waals surface area contributed by atoms with E-state index in [0.717, 1.165) is 48.2 Å². The number of halogens is 1. The molecule has 0 atom stereocenters. The molecule has 2 aromatic carbocycles. The molecule has 0 saturated heterocycles. The fourth-order valence-electron chi connectivity index (χ4n) is 3.76. The minimum absolute atomic E-state index is 0.0489. The van der Waals surface area contributed by atoms with Gasteiger partial charge in [-0.25, -0.2) is 9.37 Å². The van der Waals surface area contributed by atoms with Gasteiger partial charge in [0.05, 0.1) is 5.69 Å². The van der Waals surface area contributed by atoms with Crippen molar-refractivity contribution in [3.63, 3.8) is 0 Å². The zero-order valence-corrected chi connectivity index (χ0v) is 17.0. The SMILES string of the molecule is O=C(Nc1nc(-c2ccc3c(c2)CCCN3C(=O)c2cccc(F)c2)cs1)C1CC1. The van der Waals surface area contributed by atoms with Crippen LogP contribution in [-0.4, -0.2) is 23.3 Å². The number of rotatable bonds is 4. The summed E-state index contributed by atoms with van der Waals surface area (Å²) in [4.78, 5) is 31.2. The Bertz CT molecular complexity index is 1140. The number of fused-ring (bicyclic) bond motifs is 1. The van der Waals surface area contributed by atoms with Gasteiger partial charge in [0, 0.05) is 34.7 Å². The average molecular weight is 421 g/mol. The molecule has 1 aliphatic heterocycles. The second-order valence-corrected chi connectivity index (χ2v) is 8.57. The highest BCUT2D eigenvalue weighted by atomic mass is 32.1. The van der Waals surface area contributed by atoms with E-state index in [1.54, 1.807) is 17.0 Å². The third-order valence-electron chi connectivity index (χ3n) is 5.49. The number of aryl methyl sites for hydroxylation is 1. The summed E-state index contributed by atoms with van der Waals surface area (Å²) in [6.07, 6.45) is 3.63. The lowest BCUT2D eigenvalue weighted by Gasteiger charge is -2.30. The molecule has 0 unspecified atom stereocenters. The number of hydrogen-bond acceptors (Lipinski definition) is 4. The molecule has 30 heavy (non-hydrogen) atoms. The van der Waals surface area contributed by atoms with E-state index in [1.807, 2.05) is 17.5 Å². The smallest absolute Gasteiger partial charge is 0.258 e. The highest BCUT2D eigenvalue weighted by Gasteiger charge is 2.30. The number of amides is 2. The van der Waals surface area contributed by atoms with Crippen LogP contribution in [0, 0.1) is 11.7 Å². The zero-order valence-electron chi connectivity index (χ0n) is 16.2. The number of carbonyl (C=O) groups is 2. The first-order valence-corrected chi connectivity index (χ1v) is 10.9. The lowest BCUT2D eigenvalue weighted by molar-refractivity contribution is -0.117. The summed E-state index contributed by atoms with van der Waals surface area (Å²) in [7, 11) is 0. The standard InChI is InChI=1S/C23H20FN3O2S/c24-18-5-1-3-17(12-18)22(29)27-10-2-4-16-11-15(8-9-20(16)27)19-13-30-23(25-19)26-21(28)14-6-7-14/h1,3,5,8-9,11-14H,2,4,6-7,10H2,(H,25,26,28). The summed E-state index contributed by atoms with van der Waals surface area (Å²) in [6, 6.07) is 11.7. The maximum atomic E-state index is 13.6. The van der Waals surface area contributed by atoms with E-state index in [1.165, 1.54) is 23.5 Å². The molecule has 1 aliphatic carbocycles. The molecular weight excluding hydrogens is 401 g/mol. The number of nitrogens with zero attached hydrogens (tertiary/aromatic N) is 2. The molecule has 5 rings (SSSR count). The first kappa shape index (κ1) is 18.9. The van der Waals surface area contributed by atoms with Gasteiger partial charge in [-0.2, -0.15) is 0 Å². The third-order valence-corrected chi connectivity index (χ3v) is 6.25. The van der Waals surface area contributed by atoms with Crippen LogP contribution in [0.1, 0.15) is 35.2 Å². The fraction of sp³-hybridized carbons (Fsp3) is 0.261. The van der Waals surface area contributed by atoms with E-state index in [9.17, 15) is 14.0 Å². The van der Waals surface area contributed by atoms with Crippen molar-refractivity contribution in [2.24, 2.45) is 5.92 Å². The summed E-state index contributed by atoms with van der Waals surface area (Å²) in [6.45, 7) is 0.607. The summed E-state index contributed by atoms with van der Waals surface area (Å²) < 4.78 is 13.6. The van der Waals surface area contributed by atoms with Gasteiger partial charge in [0.15, 0.2) is 5.13 Å². The van der Waals surface area contributed by atoms with Crippen LogP contribution in [0.2, 0.25) is 0 Å². The van der Waals surface area contributed by atoms with Crippen LogP contribution in [-0.2, 0) is 11.2 Å². The van der Waals surface area contributed by atoms with Crippen molar-refractivity contribution >= 4 is 34.0 Å². The van der Waals surface area contributed by atoms with E-state index in [2.05, 4.69) is 16.4 Å². The van der Waals surface area contributed by atoms with Gasteiger partial charge in [-0.05, 0) is 61.6 Å². The Labute approximate surface area is 177 Å². The molecule has 152 valence electrons. The predicted molar refractivity (Wildman–Crippen MR) is 115 cm³/mol. The number of benzene rings is 2. The van der Waals surface area contributed by atoms with Gasteiger partial charge in [0.25, 0.3) is 5.91 Å². The van der Waals surface area contributed by atoms with Crippen LogP contribution in [0.25, 0.3) is 11.3 Å². The molecule has 2 heterocycles. The van der Waals surface area contributed by atoms with Crippen LogP contribution < -0.4 is 10.2 Å². The normalized spacial score (nSPS) is 15.6. The molecule has 0 bridgehead atoms. The molecule has 7 heteroatoms. The number of nitrogens with one attached hydrogen (secondary N) is 1. The van der Waals surface area contributed by atoms with Gasteiger partial charge in [-0.15, -0.1) is 11.3 Å². The molecular formula is C23H20FN3O2S. The Kier molecular flexibility index (Phi) is 4.83. The van der Waals surface area contributed by atoms with Gasteiger partial charge in [0.1, 0.15) is 5.82 Å². The minimum Gasteiger partial charge on any atom is -0.308 e. The van der Waals surface area contributed by atoms with Crippen molar-refractivity contribution in [2.75, 3.05) is 16.8 Å². The minimum atomic E-state index is -0.415. The Balaban J connectivity index is 1.39. The average Bonchev–Trinajstić information content (AvgIpc) is 3.52. The first-order chi connectivity index (χ1) is 14.6. The largest absolute Gasteiger partial charge is 0.308 e. The third kappa shape index (κ3) is 3.73. The van der Waals surface area contributed by atoms with Crippen LogP contribution in [0.5, 0.6) is 0 Å². The van der Waals surface area contributed by atoms with Gasteiger partial charge < -0.3 is 10.2 Å². The van der Waals surface area contributed by atoms with Crippen molar-refractivity contribution in [1.29, 1.82) is 0 Å². The Morgan fingerprint density at radius 3 is 2.83 bits per heavy atom. The Morgan fingerprint density at radius 1 is 1.17 bits per heavy atom. The molecule has 5 nitrogen and oxygen atoms in total. The summed E-state index contributed by atoms with van der Waals surface area (Å²) in [5.41, 5.74) is 4.04. The quantitative estimate of drug-likeness (QED) is 0.652. The second kappa shape index (κ2) is 7.65. The van der Waals surface area contributed by atoms with Crippen molar-refractivity contribution in [3.05, 3.63) is 64.8 Å². The molecule has 1 saturated carbocycles. The summed E-state index contributed by atoms with van der Waals surface area (Å²) in [5, 5.41) is 5.43. The number of hydrogen-bond donors (Lipinski definition) is 1. The van der Waals surface area contributed by atoms with E-state index in [-0.39, 0.29) is 17.7 Å². The Morgan fingerprint density at radius 2 is 2.03 bits per heavy atom. The molecule has 1 aromatic heterocycles. The lowest BCUT2D eigenvalue weighted by Crippen LogP contribution is -2.35. The van der Waals surface area contributed by atoms with Crippen LogP contribution in [0.3, 0.4) is 0 Å². The van der Waals surface area contributed by atoms with Crippen molar-refractivity contribution in [2.45, 2.75) is 25.7 Å². The number of carbonyl (C=O) groups excluding carboxylic acids is 2. The fourth-order valence-corrected chi connectivity index (χ4v) is 4.48. The first-order valence-electron chi connectivity index (χ1n) is 10.1. The monoisotopic (exact) mass is 421 g/mol. The number of aromatic nitrogens is 1. The summed E-state index contributed by atoms with van der Waals surface area (Å²) in [5.74, 6) is -0.418. The zero-order chi connectivity index (χ0) is 20.7. The number of thiazole rings is 1. The second-order valence-electron chi connectivity index (χ2n) is 7.72. The van der Waals surface area contributed by atoms with Crippen molar-refractivity contribution < 1.29 is 14.0 Å². The maximum absolute atomic E-state index is 13.6. The van der Waals surface area contributed by atoms with E-state index < -0.39 is 5.82 Å². The molecule has 2 amide bonds. The highest BCUT2D eigenvalue weighted by Crippen LogP contribution is 2.35. The Hall–Kier alpha value is -3.06. The molecule has 1 N–H and O–H groups in total. The van der Waals surface area contributed by atoms with Crippen LogP contribution in [0.4, 0.5) is 15.2 Å². The van der Waals surface area contributed by atoms with E-state index >= 15 is 0 Å². The van der Waals surface area contributed by atoms with E-state index in [0.29, 0.717) is 17.2 Å². The highest BCUT2D eigenvalue weighted by molar-refractivity contribution is 7.14. The summed E-state index contributed by atoms with van der Waals surface area (Å²) >= 11 is 1.42. The predicted octanol–water partition coefficient (Wildman–Crippen LogP) is 4.89. The molecule has 1 fully saturated rings. The molecule has 0 radical (unpaired) electrons. The number of anilines is 2. The van der Waals surface area contributed by atoms with Gasteiger partial charge >= 0.3 is 0 Å². The molecule has 3 aromatic rings. The van der Waals surface area contributed by atoms with Gasteiger partial charge in [-0.3, -0.25) is 9.59 Å². The lowest BCUT2D eigenvalue weighted by atomic mass is 9.97.